The van der Waals surface area contributed by atoms with E-state index in [0.717, 1.165) is 49.5 Å². The van der Waals surface area contributed by atoms with Crippen molar-refractivity contribution in [1.29, 1.82) is 0 Å². The van der Waals surface area contributed by atoms with Gasteiger partial charge in [-0.2, -0.15) is 17.6 Å². The highest BCUT2D eigenvalue weighted by Gasteiger charge is 2.52. The highest BCUT2D eigenvalue weighted by Crippen LogP contribution is 2.57. The summed E-state index contributed by atoms with van der Waals surface area (Å²) in [6.45, 7) is -6.16. The van der Waals surface area contributed by atoms with Crippen molar-refractivity contribution < 1.29 is 51.2 Å². The Balaban J connectivity index is 0.000000217. The Kier molecular flexibility index (Phi) is 11.6. The van der Waals surface area contributed by atoms with E-state index in [1.54, 1.807) is 0 Å². The zero-order chi connectivity index (χ0) is 37.4. The molecule has 4 aromatic rings. The molecule has 1 spiro atoms. The van der Waals surface area contributed by atoms with Crippen molar-refractivity contribution >= 4 is 29.6 Å². The Bertz CT molecular complexity index is 2000. The molecule has 2 aromatic carbocycles. The van der Waals surface area contributed by atoms with Crippen LogP contribution in [0.2, 0.25) is 0 Å². The Morgan fingerprint density at radius 3 is 2.21 bits per heavy atom. The summed E-state index contributed by atoms with van der Waals surface area (Å²) in [5.74, 6) is 2.27. The summed E-state index contributed by atoms with van der Waals surface area (Å²) in [5, 5.41) is 21.9. The molecule has 1 amide bonds. The number of aliphatic hydroxyl groups excluding tert-OH is 1. The fourth-order valence-corrected chi connectivity index (χ4v) is 5.40. The van der Waals surface area contributed by atoms with Crippen LogP contribution in [-0.4, -0.2) is 67.4 Å². The maximum absolute atomic E-state index is 14.6. The molecule has 0 bridgehead atoms. The van der Waals surface area contributed by atoms with Gasteiger partial charge in [-0.15, -0.1) is 0 Å². The van der Waals surface area contributed by atoms with Gasteiger partial charge in [-0.05, 0) is 73.6 Å². The van der Waals surface area contributed by atoms with Gasteiger partial charge in [0.15, 0.2) is 5.83 Å². The first-order chi connectivity index (χ1) is 24.8. The number of hydrogen-bond donors (Lipinski definition) is 4. The molecule has 52 heavy (non-hydrogen) atoms. The van der Waals surface area contributed by atoms with E-state index in [1.807, 2.05) is 0 Å². The second-order valence-electron chi connectivity index (χ2n) is 11.8. The summed E-state index contributed by atoms with van der Waals surface area (Å²) in [4.78, 5) is 38.6. The van der Waals surface area contributed by atoms with Gasteiger partial charge in [0, 0.05) is 23.5 Å². The third-order valence-corrected chi connectivity index (χ3v) is 8.06. The number of nitrogens with one attached hydrogen (secondary N) is 1. The number of alkyl halides is 4. The van der Waals surface area contributed by atoms with Gasteiger partial charge in [0.05, 0.1) is 41.2 Å². The predicted octanol–water partition coefficient (Wildman–Crippen LogP) is 5.34. The van der Waals surface area contributed by atoms with Gasteiger partial charge >= 0.3 is 19.2 Å². The van der Waals surface area contributed by atoms with Gasteiger partial charge < -0.3 is 30.7 Å². The number of carbonyl (C=O) groups is 2. The molecular formula is C35H29F5N6O6. The van der Waals surface area contributed by atoms with Crippen molar-refractivity contribution in [2.75, 3.05) is 5.73 Å². The quantitative estimate of drug-likeness (QED) is 0.129. The summed E-state index contributed by atoms with van der Waals surface area (Å²) >= 11 is 0. The molecule has 0 unspecified atom stereocenters. The number of rotatable bonds is 9. The SMILES string of the molecule is Nc1cnc(/C(F)=C/c2cc(C(=O)N[C@H]3CC4(CC4)C[C@@H]3O)ccc2OC(F)F)cn1.O=C(O)c1ccc(OC(F)F)c(C#Cc2cncnc2)c1. The minimum Gasteiger partial charge on any atom is -0.478 e. The number of carbonyl (C=O) groups excluding carboxylic acids is 1. The molecule has 17 heteroatoms. The third kappa shape index (κ3) is 9.97. The number of carboxylic acid groups (broad SMARTS) is 1. The van der Waals surface area contributed by atoms with Crippen LogP contribution in [-0.2, 0) is 0 Å². The molecule has 2 atom stereocenters. The van der Waals surface area contributed by atoms with Crippen molar-refractivity contribution in [2.45, 2.75) is 51.1 Å². The molecular weight excluding hydrogens is 695 g/mol. The molecule has 2 aliphatic carbocycles. The number of hydrogen-bond acceptors (Lipinski definition) is 10. The molecule has 2 heterocycles. The summed E-state index contributed by atoms with van der Waals surface area (Å²) in [5.41, 5.74) is 5.87. The van der Waals surface area contributed by atoms with Gasteiger partial charge in [0.2, 0.25) is 0 Å². The van der Waals surface area contributed by atoms with E-state index in [1.165, 1.54) is 36.9 Å². The van der Waals surface area contributed by atoms with Crippen molar-refractivity contribution in [1.82, 2.24) is 25.3 Å². The van der Waals surface area contributed by atoms with E-state index in [9.17, 15) is 36.6 Å². The molecule has 2 aromatic heterocycles. The minimum absolute atomic E-state index is 0.0408. The zero-order valence-electron chi connectivity index (χ0n) is 26.8. The number of halogens is 5. The molecule has 2 fully saturated rings. The first-order valence-corrected chi connectivity index (χ1v) is 15.4. The lowest BCUT2D eigenvalue weighted by Gasteiger charge is -2.17. The highest BCUT2D eigenvalue weighted by atomic mass is 19.3. The number of amides is 1. The van der Waals surface area contributed by atoms with Crippen molar-refractivity contribution in [2.24, 2.45) is 5.41 Å². The lowest BCUT2D eigenvalue weighted by Crippen LogP contribution is -2.39. The van der Waals surface area contributed by atoms with Crippen LogP contribution in [0, 0.1) is 17.3 Å². The number of ether oxygens (including phenoxy) is 2. The van der Waals surface area contributed by atoms with Crippen LogP contribution in [0.25, 0.3) is 11.9 Å². The standard InChI is InChI=1S/C21H21F3N4O3.C14H8F2N2O3/c22-13(15-9-27-18(25)10-26-15)6-12-5-11(1-2-17(12)31-20(23)24)19(30)28-14-7-21(3-4-21)8-16(14)29;15-14(16)21-12-4-3-11(13(19)20)5-10(12)2-1-9-6-17-8-18-7-9/h1-2,5-6,9-10,14,16,20,29H,3-4,7-8H2,(H2,25,27)(H,28,30);3-8,14H,(H,19,20)/b13-6-;/t14-,16-;/m0./s1. The first kappa shape index (κ1) is 37.1. The molecule has 6 rings (SSSR count). The second kappa shape index (κ2) is 16.2. The van der Waals surface area contributed by atoms with E-state index in [2.05, 4.69) is 46.6 Å². The van der Waals surface area contributed by atoms with Gasteiger partial charge in [-0.25, -0.2) is 29.1 Å². The molecule has 2 saturated carbocycles. The molecule has 0 saturated heterocycles. The first-order valence-electron chi connectivity index (χ1n) is 15.4. The fraction of sp³-hybridized carbons (Fsp3) is 0.257. The van der Waals surface area contributed by atoms with Crippen LogP contribution in [0.1, 0.15) is 68.8 Å². The molecule has 0 aliphatic heterocycles. The Morgan fingerprint density at radius 1 is 0.923 bits per heavy atom. The van der Waals surface area contributed by atoms with Crippen LogP contribution in [0.3, 0.4) is 0 Å². The average molecular weight is 725 g/mol. The monoisotopic (exact) mass is 724 g/mol. The number of nitrogens with two attached hydrogens (primary N) is 1. The highest BCUT2D eigenvalue weighted by molar-refractivity contribution is 5.96. The number of benzene rings is 2. The number of carboxylic acids is 1. The maximum Gasteiger partial charge on any atom is 0.387 e. The van der Waals surface area contributed by atoms with Crippen molar-refractivity contribution in [3.63, 3.8) is 0 Å². The Hall–Kier alpha value is -6.15. The molecule has 270 valence electrons. The minimum atomic E-state index is -3.13. The van der Waals surface area contributed by atoms with Crippen LogP contribution >= 0.6 is 0 Å². The second-order valence-corrected chi connectivity index (χ2v) is 11.8. The van der Waals surface area contributed by atoms with Gasteiger partial charge in [-0.1, -0.05) is 11.8 Å². The van der Waals surface area contributed by atoms with E-state index in [-0.39, 0.29) is 56.7 Å². The van der Waals surface area contributed by atoms with Crippen LogP contribution in [0.5, 0.6) is 11.5 Å². The lowest BCUT2D eigenvalue weighted by atomic mass is 10.1. The van der Waals surface area contributed by atoms with E-state index in [0.29, 0.717) is 18.4 Å². The smallest absolute Gasteiger partial charge is 0.387 e. The van der Waals surface area contributed by atoms with E-state index < -0.39 is 37.0 Å². The number of nitrogen functional groups attached to an aromatic ring is 1. The summed E-state index contributed by atoms with van der Waals surface area (Å²) in [6.07, 6.45) is 10.2. The Morgan fingerprint density at radius 2 is 1.60 bits per heavy atom. The van der Waals surface area contributed by atoms with E-state index in [4.69, 9.17) is 10.8 Å². The maximum atomic E-state index is 14.6. The average Bonchev–Trinajstić information content (AvgIpc) is 3.79. The predicted molar refractivity (Wildman–Crippen MR) is 175 cm³/mol. The summed E-state index contributed by atoms with van der Waals surface area (Å²) < 4.78 is 73.6. The Labute approximate surface area is 292 Å². The normalized spacial score (nSPS) is 17.1. The van der Waals surface area contributed by atoms with Gasteiger partial charge in [-0.3, -0.25) is 4.79 Å². The van der Waals surface area contributed by atoms with Crippen molar-refractivity contribution in [3.05, 3.63) is 101 Å². The number of aliphatic hydroxyl groups is 1. The summed E-state index contributed by atoms with van der Waals surface area (Å²) in [7, 11) is 0. The van der Waals surface area contributed by atoms with Crippen LogP contribution < -0.4 is 20.5 Å². The molecule has 12 nitrogen and oxygen atoms in total. The largest absolute Gasteiger partial charge is 0.478 e. The molecule has 5 N–H and O–H groups in total. The topological polar surface area (TPSA) is 183 Å². The number of nitrogens with zero attached hydrogens (tertiary/aromatic N) is 4. The number of aromatic nitrogens is 4. The summed E-state index contributed by atoms with van der Waals surface area (Å²) in [6, 6.07) is 6.80. The van der Waals surface area contributed by atoms with E-state index >= 15 is 0 Å². The van der Waals surface area contributed by atoms with Gasteiger partial charge in [0.1, 0.15) is 29.3 Å². The van der Waals surface area contributed by atoms with Crippen LogP contribution in [0.15, 0.2) is 67.5 Å². The van der Waals surface area contributed by atoms with Crippen LogP contribution in [0.4, 0.5) is 27.8 Å². The fourth-order valence-electron chi connectivity index (χ4n) is 5.40. The lowest BCUT2D eigenvalue weighted by molar-refractivity contribution is -0.0506. The molecule has 0 radical (unpaired) electrons. The van der Waals surface area contributed by atoms with Gasteiger partial charge in [0.25, 0.3) is 5.91 Å². The van der Waals surface area contributed by atoms with Crippen molar-refractivity contribution in [3.8, 4) is 23.3 Å². The zero-order valence-corrected chi connectivity index (χ0v) is 26.8. The number of aromatic carboxylic acids is 1. The molecule has 2 aliphatic rings. The number of anilines is 1. The third-order valence-electron chi connectivity index (χ3n) is 8.06.